The van der Waals surface area contributed by atoms with E-state index in [0.29, 0.717) is 12.3 Å². The van der Waals surface area contributed by atoms with Gasteiger partial charge in [0.15, 0.2) is 0 Å². The molecule has 0 N–H and O–H groups in total. The number of allylic oxidation sites excluding steroid dienone is 2. The molecule has 2 aromatic heterocycles. The Morgan fingerprint density at radius 3 is 2.85 bits per heavy atom. The molecule has 138 valence electrons. The summed E-state index contributed by atoms with van der Waals surface area (Å²) in [7, 11) is 0. The van der Waals surface area contributed by atoms with Gasteiger partial charge in [0.1, 0.15) is 5.76 Å². The maximum absolute atomic E-state index is 13.0. The molecular weight excluding hydrogens is 356 g/mol. The smallest absolute Gasteiger partial charge is 0.237 e. The molecule has 0 unspecified atom stereocenters. The highest BCUT2D eigenvalue weighted by molar-refractivity contribution is 7.99. The number of nitrogens with zero attached hydrogens (tertiary/aromatic N) is 2. The molecule has 4 nitrogen and oxygen atoms in total. The first kappa shape index (κ1) is 17.9. The SMILES string of the molecule is O=C(CSc1ccc2ccccc2n1)N(Cc1ccco1)C1=CCCCC1. The van der Waals surface area contributed by atoms with Crippen LogP contribution < -0.4 is 0 Å². The van der Waals surface area contributed by atoms with Gasteiger partial charge in [-0.15, -0.1) is 0 Å². The fraction of sp³-hybridized carbons (Fsp3) is 0.273. The van der Waals surface area contributed by atoms with Gasteiger partial charge in [0.25, 0.3) is 0 Å². The first-order valence-electron chi connectivity index (χ1n) is 9.30. The predicted octanol–water partition coefficient (Wildman–Crippen LogP) is 5.41. The van der Waals surface area contributed by atoms with Crippen molar-refractivity contribution in [1.29, 1.82) is 0 Å². The second kappa shape index (κ2) is 8.44. The molecule has 1 amide bonds. The topological polar surface area (TPSA) is 46.3 Å². The van der Waals surface area contributed by atoms with E-state index in [2.05, 4.69) is 17.1 Å². The lowest BCUT2D eigenvalue weighted by molar-refractivity contribution is -0.127. The Morgan fingerprint density at radius 1 is 1.11 bits per heavy atom. The number of amides is 1. The van der Waals surface area contributed by atoms with Crippen molar-refractivity contribution in [2.45, 2.75) is 37.3 Å². The Bertz CT molecular complexity index is 950. The van der Waals surface area contributed by atoms with E-state index in [4.69, 9.17) is 4.42 Å². The highest BCUT2D eigenvalue weighted by atomic mass is 32.2. The maximum Gasteiger partial charge on any atom is 0.237 e. The van der Waals surface area contributed by atoms with E-state index in [1.807, 2.05) is 47.4 Å². The summed E-state index contributed by atoms with van der Waals surface area (Å²) in [6.07, 6.45) is 8.17. The van der Waals surface area contributed by atoms with Crippen LogP contribution in [0, 0.1) is 0 Å². The standard InChI is InChI=1S/C22H22N2O2S/c25-22(16-27-21-13-12-17-7-4-5-11-20(17)23-21)24(15-19-10-6-14-26-19)18-8-2-1-3-9-18/h4-8,10-14H,1-3,9,15-16H2. The van der Waals surface area contributed by atoms with Crippen LogP contribution in [0.3, 0.4) is 0 Å². The summed E-state index contributed by atoms with van der Waals surface area (Å²) in [4.78, 5) is 19.5. The van der Waals surface area contributed by atoms with Gasteiger partial charge in [-0.25, -0.2) is 4.98 Å². The van der Waals surface area contributed by atoms with Gasteiger partial charge in [-0.3, -0.25) is 4.79 Å². The average molecular weight is 378 g/mol. The number of furan rings is 1. The van der Waals surface area contributed by atoms with Gasteiger partial charge in [-0.05, 0) is 49.9 Å². The lowest BCUT2D eigenvalue weighted by Crippen LogP contribution is -2.32. The number of hydrogen-bond acceptors (Lipinski definition) is 4. The van der Waals surface area contributed by atoms with E-state index < -0.39 is 0 Å². The molecule has 1 aliphatic rings. The summed E-state index contributed by atoms with van der Waals surface area (Å²) >= 11 is 1.49. The van der Waals surface area contributed by atoms with Gasteiger partial charge < -0.3 is 9.32 Å². The van der Waals surface area contributed by atoms with Gasteiger partial charge in [0.05, 0.1) is 29.1 Å². The quantitative estimate of drug-likeness (QED) is 0.538. The number of pyridine rings is 1. The molecule has 0 spiro atoms. The molecule has 3 aromatic rings. The highest BCUT2D eigenvalue weighted by Crippen LogP contribution is 2.26. The van der Waals surface area contributed by atoms with Crippen molar-refractivity contribution >= 4 is 28.6 Å². The number of hydrogen-bond donors (Lipinski definition) is 0. The fourth-order valence-corrected chi connectivity index (χ4v) is 4.07. The van der Waals surface area contributed by atoms with Crippen LogP contribution in [-0.2, 0) is 11.3 Å². The molecule has 1 aliphatic carbocycles. The van der Waals surface area contributed by atoms with E-state index in [0.717, 1.165) is 46.6 Å². The van der Waals surface area contributed by atoms with Crippen LogP contribution in [0.2, 0.25) is 0 Å². The van der Waals surface area contributed by atoms with Crippen LogP contribution in [0.15, 0.2) is 76.0 Å². The Kier molecular flexibility index (Phi) is 5.58. The van der Waals surface area contributed by atoms with Gasteiger partial charge in [0.2, 0.25) is 5.91 Å². The first-order valence-corrected chi connectivity index (χ1v) is 10.3. The minimum absolute atomic E-state index is 0.0968. The molecular formula is C22H22N2O2S. The van der Waals surface area contributed by atoms with Crippen molar-refractivity contribution in [1.82, 2.24) is 9.88 Å². The minimum atomic E-state index is 0.0968. The van der Waals surface area contributed by atoms with Crippen LogP contribution >= 0.6 is 11.8 Å². The second-order valence-electron chi connectivity index (χ2n) is 6.63. The van der Waals surface area contributed by atoms with Crippen LogP contribution in [0.25, 0.3) is 10.9 Å². The molecule has 0 bridgehead atoms. The third-order valence-corrected chi connectivity index (χ3v) is 5.64. The molecule has 1 aromatic carbocycles. The molecule has 0 aliphatic heterocycles. The van der Waals surface area contributed by atoms with Gasteiger partial charge in [0, 0.05) is 11.1 Å². The molecule has 0 radical (unpaired) electrons. The molecule has 0 saturated carbocycles. The largest absolute Gasteiger partial charge is 0.467 e. The summed E-state index contributed by atoms with van der Waals surface area (Å²) in [6, 6.07) is 15.8. The summed E-state index contributed by atoms with van der Waals surface area (Å²) < 4.78 is 5.48. The molecule has 0 fully saturated rings. The number of carbonyl (C=O) groups excluding carboxylic acids is 1. The summed E-state index contributed by atoms with van der Waals surface area (Å²) in [6.45, 7) is 0.489. The predicted molar refractivity (Wildman–Crippen MR) is 108 cm³/mol. The lowest BCUT2D eigenvalue weighted by Gasteiger charge is -2.27. The van der Waals surface area contributed by atoms with Crippen molar-refractivity contribution in [3.8, 4) is 0 Å². The number of fused-ring (bicyclic) bond motifs is 1. The van der Waals surface area contributed by atoms with Gasteiger partial charge >= 0.3 is 0 Å². The minimum Gasteiger partial charge on any atom is -0.467 e. The summed E-state index contributed by atoms with van der Waals surface area (Å²) in [5, 5.41) is 1.98. The second-order valence-corrected chi connectivity index (χ2v) is 7.63. The molecule has 5 heteroatoms. The van der Waals surface area contributed by atoms with Crippen LogP contribution in [0.5, 0.6) is 0 Å². The van der Waals surface area contributed by atoms with E-state index in [9.17, 15) is 4.79 Å². The molecule has 4 rings (SSSR count). The Hall–Kier alpha value is -2.53. The van der Waals surface area contributed by atoms with Crippen LogP contribution in [-0.4, -0.2) is 21.5 Å². The Labute approximate surface area is 163 Å². The van der Waals surface area contributed by atoms with Crippen molar-refractivity contribution in [3.63, 3.8) is 0 Å². The number of benzene rings is 1. The van der Waals surface area contributed by atoms with E-state index in [1.54, 1.807) is 6.26 Å². The molecule has 0 atom stereocenters. The lowest BCUT2D eigenvalue weighted by atomic mass is 10.0. The number of para-hydroxylation sites is 1. The van der Waals surface area contributed by atoms with Gasteiger partial charge in [-0.1, -0.05) is 42.1 Å². The summed E-state index contributed by atoms with van der Waals surface area (Å²) in [5.41, 5.74) is 2.08. The highest BCUT2D eigenvalue weighted by Gasteiger charge is 2.21. The van der Waals surface area contributed by atoms with Crippen molar-refractivity contribution in [2.75, 3.05) is 5.75 Å². The molecule has 0 saturated heterocycles. The van der Waals surface area contributed by atoms with E-state index >= 15 is 0 Å². The third kappa shape index (κ3) is 4.42. The van der Waals surface area contributed by atoms with Gasteiger partial charge in [-0.2, -0.15) is 0 Å². The Balaban J connectivity index is 1.47. The number of aromatic nitrogens is 1. The van der Waals surface area contributed by atoms with E-state index in [-0.39, 0.29) is 5.91 Å². The normalized spacial score (nSPS) is 14.1. The molecule has 27 heavy (non-hydrogen) atoms. The first-order chi connectivity index (χ1) is 13.3. The van der Waals surface area contributed by atoms with Crippen LogP contribution in [0.4, 0.5) is 0 Å². The molecule has 2 heterocycles. The number of rotatable bonds is 6. The number of thioether (sulfide) groups is 1. The zero-order valence-electron chi connectivity index (χ0n) is 15.1. The van der Waals surface area contributed by atoms with Crippen molar-refractivity contribution in [2.24, 2.45) is 0 Å². The average Bonchev–Trinajstić information content (AvgIpc) is 3.24. The monoisotopic (exact) mass is 378 g/mol. The summed E-state index contributed by atoms with van der Waals surface area (Å²) in [5.74, 6) is 1.27. The Morgan fingerprint density at radius 2 is 2.04 bits per heavy atom. The zero-order chi connectivity index (χ0) is 18.5. The fourth-order valence-electron chi connectivity index (χ4n) is 3.32. The third-order valence-electron chi connectivity index (χ3n) is 4.73. The van der Waals surface area contributed by atoms with Crippen LogP contribution in [0.1, 0.15) is 31.4 Å². The maximum atomic E-state index is 13.0. The van der Waals surface area contributed by atoms with E-state index in [1.165, 1.54) is 18.2 Å². The zero-order valence-corrected chi connectivity index (χ0v) is 16.0. The van der Waals surface area contributed by atoms with Crippen molar-refractivity contribution in [3.05, 3.63) is 72.3 Å². The van der Waals surface area contributed by atoms with Crippen molar-refractivity contribution < 1.29 is 9.21 Å². The number of carbonyl (C=O) groups is 1.